The van der Waals surface area contributed by atoms with Crippen LogP contribution in [0.5, 0.6) is 0 Å². The molecule has 19 heavy (non-hydrogen) atoms. The zero-order valence-electron chi connectivity index (χ0n) is 10.8. The maximum atomic E-state index is 11.8. The second-order valence-electron chi connectivity index (χ2n) is 4.37. The Hall–Kier alpha value is -1.56. The Balaban J connectivity index is 2.51. The van der Waals surface area contributed by atoms with E-state index in [2.05, 4.69) is 17.2 Å². The van der Waals surface area contributed by atoms with Gasteiger partial charge in [0.2, 0.25) is 0 Å². The smallest absolute Gasteiger partial charge is 0.287 e. The van der Waals surface area contributed by atoms with Gasteiger partial charge in [-0.25, -0.2) is 0 Å². The van der Waals surface area contributed by atoms with Gasteiger partial charge in [-0.2, -0.15) is 0 Å². The standard InChI is InChI=1S/C12H18ClN3O3/c1-2-3-9(4-5-13)7-15-12(17)11-6-10(8-14-11)16(18)19/h6,8-9,14H,2-5,7H2,1H3,(H,15,17). The van der Waals surface area contributed by atoms with Gasteiger partial charge in [0.05, 0.1) is 11.1 Å². The summed E-state index contributed by atoms with van der Waals surface area (Å²) in [5.41, 5.74) is 0.0869. The second-order valence-corrected chi connectivity index (χ2v) is 4.75. The molecule has 7 heteroatoms. The zero-order valence-corrected chi connectivity index (χ0v) is 11.6. The summed E-state index contributed by atoms with van der Waals surface area (Å²) in [5, 5.41) is 13.3. The number of aromatic amines is 1. The fraction of sp³-hybridized carbons (Fsp3) is 0.583. The Labute approximate surface area is 116 Å². The van der Waals surface area contributed by atoms with Gasteiger partial charge in [0.25, 0.3) is 11.6 Å². The largest absolute Gasteiger partial charge is 0.351 e. The molecule has 1 atom stereocenters. The molecule has 1 amide bonds. The van der Waals surface area contributed by atoms with Crippen LogP contribution in [0.25, 0.3) is 0 Å². The SMILES string of the molecule is CCCC(CCCl)CNC(=O)c1cc([N+](=O)[O-])c[nH]1. The fourth-order valence-corrected chi connectivity index (χ4v) is 2.17. The normalized spacial score (nSPS) is 12.1. The Morgan fingerprint density at radius 3 is 2.84 bits per heavy atom. The van der Waals surface area contributed by atoms with Crippen LogP contribution in [-0.4, -0.2) is 28.2 Å². The molecule has 6 nitrogen and oxygen atoms in total. The molecule has 0 fully saturated rings. The van der Waals surface area contributed by atoms with Crippen molar-refractivity contribution >= 4 is 23.2 Å². The van der Waals surface area contributed by atoms with Crippen LogP contribution in [0.15, 0.2) is 12.3 Å². The van der Waals surface area contributed by atoms with Crippen molar-refractivity contribution in [2.75, 3.05) is 12.4 Å². The molecule has 0 bridgehead atoms. The number of carbonyl (C=O) groups is 1. The molecule has 0 spiro atoms. The lowest BCUT2D eigenvalue weighted by atomic mass is 10.0. The topological polar surface area (TPSA) is 88.0 Å². The number of alkyl halides is 1. The van der Waals surface area contributed by atoms with Crippen LogP contribution in [-0.2, 0) is 0 Å². The van der Waals surface area contributed by atoms with Crippen LogP contribution < -0.4 is 5.32 Å². The zero-order chi connectivity index (χ0) is 14.3. The van der Waals surface area contributed by atoms with E-state index in [0.29, 0.717) is 18.3 Å². The van der Waals surface area contributed by atoms with E-state index in [-0.39, 0.29) is 17.3 Å². The Morgan fingerprint density at radius 2 is 2.32 bits per heavy atom. The molecule has 1 aromatic rings. The van der Waals surface area contributed by atoms with E-state index < -0.39 is 4.92 Å². The number of rotatable bonds is 8. The number of nitrogens with one attached hydrogen (secondary N) is 2. The van der Waals surface area contributed by atoms with E-state index in [4.69, 9.17) is 11.6 Å². The molecule has 1 unspecified atom stereocenters. The van der Waals surface area contributed by atoms with E-state index in [1.807, 2.05) is 0 Å². The average molecular weight is 288 g/mol. The van der Waals surface area contributed by atoms with Crippen molar-refractivity contribution < 1.29 is 9.72 Å². The van der Waals surface area contributed by atoms with Crippen molar-refractivity contribution in [1.29, 1.82) is 0 Å². The summed E-state index contributed by atoms with van der Waals surface area (Å²) < 4.78 is 0. The Bertz CT molecular complexity index is 428. The van der Waals surface area contributed by atoms with E-state index in [1.54, 1.807) is 0 Å². The highest BCUT2D eigenvalue weighted by Gasteiger charge is 2.15. The number of nitrogens with zero attached hydrogens (tertiary/aromatic N) is 1. The molecular formula is C12H18ClN3O3. The molecule has 0 saturated heterocycles. The van der Waals surface area contributed by atoms with Gasteiger partial charge in [-0.05, 0) is 18.8 Å². The van der Waals surface area contributed by atoms with Gasteiger partial charge < -0.3 is 10.3 Å². The summed E-state index contributed by atoms with van der Waals surface area (Å²) in [7, 11) is 0. The quantitative estimate of drug-likeness (QED) is 0.438. The van der Waals surface area contributed by atoms with Gasteiger partial charge in [0, 0.05) is 18.5 Å². The molecule has 0 aliphatic heterocycles. The van der Waals surface area contributed by atoms with Crippen LogP contribution in [0.2, 0.25) is 0 Å². The lowest BCUT2D eigenvalue weighted by molar-refractivity contribution is -0.384. The monoisotopic (exact) mass is 287 g/mol. The summed E-state index contributed by atoms with van der Waals surface area (Å²) in [6.45, 7) is 2.61. The van der Waals surface area contributed by atoms with Gasteiger partial charge in [0.1, 0.15) is 5.69 Å². The Morgan fingerprint density at radius 1 is 1.58 bits per heavy atom. The third-order valence-corrected chi connectivity index (χ3v) is 3.11. The predicted molar refractivity (Wildman–Crippen MR) is 73.5 cm³/mol. The van der Waals surface area contributed by atoms with E-state index in [0.717, 1.165) is 19.3 Å². The first kappa shape index (κ1) is 15.5. The predicted octanol–water partition coefficient (Wildman–Crippen LogP) is 2.70. The van der Waals surface area contributed by atoms with Crippen LogP contribution in [0.1, 0.15) is 36.7 Å². The van der Waals surface area contributed by atoms with E-state index >= 15 is 0 Å². The Kier molecular flexibility index (Phi) is 6.35. The van der Waals surface area contributed by atoms with Crippen LogP contribution in [0, 0.1) is 16.0 Å². The maximum absolute atomic E-state index is 11.8. The van der Waals surface area contributed by atoms with E-state index in [9.17, 15) is 14.9 Å². The summed E-state index contributed by atoms with van der Waals surface area (Å²) in [4.78, 5) is 24.4. The van der Waals surface area contributed by atoms with Crippen molar-refractivity contribution in [2.45, 2.75) is 26.2 Å². The molecule has 1 heterocycles. The number of hydrogen-bond donors (Lipinski definition) is 2. The first-order valence-corrected chi connectivity index (χ1v) is 6.78. The lowest BCUT2D eigenvalue weighted by Gasteiger charge is -2.15. The van der Waals surface area contributed by atoms with E-state index in [1.165, 1.54) is 12.3 Å². The van der Waals surface area contributed by atoms with Gasteiger partial charge in [-0.15, -0.1) is 11.6 Å². The average Bonchev–Trinajstić information content (AvgIpc) is 2.86. The minimum Gasteiger partial charge on any atom is -0.351 e. The molecule has 1 aromatic heterocycles. The molecular weight excluding hydrogens is 270 g/mol. The first-order valence-electron chi connectivity index (χ1n) is 6.25. The third-order valence-electron chi connectivity index (χ3n) is 2.89. The summed E-state index contributed by atoms with van der Waals surface area (Å²) >= 11 is 5.71. The molecule has 2 N–H and O–H groups in total. The van der Waals surface area contributed by atoms with Gasteiger partial charge >= 0.3 is 0 Å². The van der Waals surface area contributed by atoms with Gasteiger partial charge in [-0.1, -0.05) is 13.3 Å². The minimum atomic E-state index is -0.541. The first-order chi connectivity index (χ1) is 9.08. The van der Waals surface area contributed by atoms with Crippen LogP contribution >= 0.6 is 11.6 Å². The van der Waals surface area contributed by atoms with Crippen molar-refractivity contribution in [3.05, 3.63) is 28.1 Å². The molecule has 0 saturated carbocycles. The van der Waals surface area contributed by atoms with Crippen LogP contribution in [0.3, 0.4) is 0 Å². The lowest BCUT2D eigenvalue weighted by Crippen LogP contribution is -2.29. The second kappa shape index (κ2) is 7.78. The third kappa shape index (κ3) is 4.90. The summed E-state index contributed by atoms with van der Waals surface area (Å²) in [5.74, 6) is 0.578. The van der Waals surface area contributed by atoms with Crippen molar-refractivity contribution in [2.24, 2.45) is 5.92 Å². The number of nitro groups is 1. The van der Waals surface area contributed by atoms with Crippen LogP contribution in [0.4, 0.5) is 5.69 Å². The number of halogens is 1. The summed E-state index contributed by atoms with van der Waals surface area (Å²) in [6.07, 6.45) is 4.08. The van der Waals surface area contributed by atoms with Crippen molar-refractivity contribution in [3.8, 4) is 0 Å². The molecule has 0 radical (unpaired) electrons. The number of H-pyrrole nitrogens is 1. The van der Waals surface area contributed by atoms with Crippen molar-refractivity contribution in [3.63, 3.8) is 0 Å². The molecule has 0 aromatic carbocycles. The highest BCUT2D eigenvalue weighted by molar-refractivity contribution is 6.17. The highest BCUT2D eigenvalue weighted by atomic mass is 35.5. The fourth-order valence-electron chi connectivity index (χ4n) is 1.86. The van der Waals surface area contributed by atoms with Gasteiger partial charge in [0.15, 0.2) is 0 Å². The van der Waals surface area contributed by atoms with Crippen molar-refractivity contribution in [1.82, 2.24) is 10.3 Å². The molecule has 1 rings (SSSR count). The highest BCUT2D eigenvalue weighted by Crippen LogP contribution is 2.13. The van der Waals surface area contributed by atoms with Gasteiger partial charge in [-0.3, -0.25) is 14.9 Å². The number of aromatic nitrogens is 1. The number of hydrogen-bond acceptors (Lipinski definition) is 3. The minimum absolute atomic E-state index is 0.115. The number of amides is 1. The molecule has 106 valence electrons. The number of carbonyl (C=O) groups excluding carboxylic acids is 1. The maximum Gasteiger partial charge on any atom is 0.287 e. The summed E-state index contributed by atoms with van der Waals surface area (Å²) in [6, 6.07) is 1.23. The molecule has 0 aliphatic rings. The molecule has 0 aliphatic carbocycles.